The Labute approximate surface area is 213 Å². The highest BCUT2D eigenvalue weighted by molar-refractivity contribution is 7.99. The SMILES string of the molecule is CCCC1=Nc2cc(C(=O)N3CCN(c4cccc(C)c4)[C@@H](C)C3)ccc2Sc2ccc(C)cc21. The normalized spacial score (nSPS) is 17.4. The number of benzene rings is 3. The van der Waals surface area contributed by atoms with Gasteiger partial charge in [0.15, 0.2) is 0 Å². The summed E-state index contributed by atoms with van der Waals surface area (Å²) in [7, 11) is 0. The van der Waals surface area contributed by atoms with Crippen molar-refractivity contribution in [2.75, 3.05) is 24.5 Å². The van der Waals surface area contributed by atoms with E-state index in [1.807, 2.05) is 17.0 Å². The minimum atomic E-state index is 0.0957. The van der Waals surface area contributed by atoms with E-state index in [0.717, 1.165) is 47.8 Å². The van der Waals surface area contributed by atoms with Crippen molar-refractivity contribution >= 4 is 34.8 Å². The van der Waals surface area contributed by atoms with Crippen LogP contribution in [0.15, 0.2) is 75.4 Å². The Balaban J connectivity index is 1.39. The lowest BCUT2D eigenvalue weighted by atomic mass is 10.0. The molecule has 2 heterocycles. The Kier molecular flexibility index (Phi) is 6.70. The monoisotopic (exact) mass is 483 g/mol. The number of nitrogens with zero attached hydrogens (tertiary/aromatic N) is 3. The lowest BCUT2D eigenvalue weighted by Crippen LogP contribution is -2.53. The van der Waals surface area contributed by atoms with Gasteiger partial charge in [0.25, 0.3) is 5.91 Å². The summed E-state index contributed by atoms with van der Waals surface area (Å²) >= 11 is 1.75. The predicted octanol–water partition coefficient (Wildman–Crippen LogP) is 7.04. The number of aryl methyl sites for hydroxylation is 2. The first-order chi connectivity index (χ1) is 16.9. The molecule has 0 spiro atoms. The number of carbonyl (C=O) groups excluding carboxylic acids is 1. The van der Waals surface area contributed by atoms with Gasteiger partial charge < -0.3 is 9.80 Å². The fourth-order valence-corrected chi connectivity index (χ4v) is 6.05. The Morgan fingerprint density at radius 1 is 1.00 bits per heavy atom. The molecule has 0 bridgehead atoms. The van der Waals surface area contributed by atoms with E-state index in [4.69, 9.17) is 4.99 Å². The number of fused-ring (bicyclic) bond motifs is 2. The molecule has 35 heavy (non-hydrogen) atoms. The van der Waals surface area contributed by atoms with E-state index < -0.39 is 0 Å². The summed E-state index contributed by atoms with van der Waals surface area (Å²) in [4.78, 5) is 25.4. The van der Waals surface area contributed by atoms with Gasteiger partial charge in [-0.2, -0.15) is 0 Å². The molecular weight excluding hydrogens is 450 g/mol. The third-order valence-corrected chi connectivity index (χ3v) is 8.00. The van der Waals surface area contributed by atoms with Gasteiger partial charge in [0, 0.05) is 58.0 Å². The van der Waals surface area contributed by atoms with Gasteiger partial charge in [-0.25, -0.2) is 0 Å². The standard InChI is InChI=1S/C30H33N3OS/c1-5-7-26-25-17-21(3)10-12-28(25)35-29-13-11-23(18-27(29)31-26)30(34)32-14-15-33(22(4)19-32)24-9-6-8-20(2)16-24/h6,8-13,16-18,22H,5,7,14-15,19H2,1-4H3/t22-/m0/s1. The molecule has 3 aromatic carbocycles. The lowest BCUT2D eigenvalue weighted by molar-refractivity contribution is 0.0726. The van der Waals surface area contributed by atoms with Gasteiger partial charge in [0.2, 0.25) is 0 Å². The van der Waals surface area contributed by atoms with Crippen molar-refractivity contribution in [3.8, 4) is 0 Å². The number of hydrogen-bond acceptors (Lipinski definition) is 4. The van der Waals surface area contributed by atoms with E-state index in [9.17, 15) is 4.79 Å². The minimum Gasteiger partial charge on any atom is -0.365 e. The molecule has 1 saturated heterocycles. The maximum absolute atomic E-state index is 13.5. The van der Waals surface area contributed by atoms with Crippen molar-refractivity contribution in [2.24, 2.45) is 4.99 Å². The van der Waals surface area contributed by atoms with E-state index in [1.54, 1.807) is 11.8 Å². The lowest BCUT2D eigenvalue weighted by Gasteiger charge is -2.41. The zero-order valence-electron chi connectivity index (χ0n) is 21.0. The molecule has 5 heteroatoms. The quantitative estimate of drug-likeness (QED) is 0.399. The number of piperazine rings is 1. The van der Waals surface area contributed by atoms with Crippen LogP contribution in [0.4, 0.5) is 11.4 Å². The first-order valence-electron chi connectivity index (χ1n) is 12.6. The van der Waals surface area contributed by atoms with E-state index in [2.05, 4.69) is 81.1 Å². The number of carbonyl (C=O) groups is 1. The van der Waals surface area contributed by atoms with Crippen LogP contribution in [0.3, 0.4) is 0 Å². The zero-order valence-corrected chi connectivity index (χ0v) is 21.9. The van der Waals surface area contributed by atoms with Crippen LogP contribution in [0, 0.1) is 13.8 Å². The first-order valence-corrected chi connectivity index (χ1v) is 13.4. The zero-order chi connectivity index (χ0) is 24.5. The molecule has 0 aromatic heterocycles. The summed E-state index contributed by atoms with van der Waals surface area (Å²) in [5.41, 5.74) is 7.71. The second-order valence-corrected chi connectivity index (χ2v) is 10.8. The molecule has 3 aromatic rings. The van der Waals surface area contributed by atoms with Gasteiger partial charge >= 0.3 is 0 Å². The number of hydrogen-bond donors (Lipinski definition) is 0. The molecule has 4 nitrogen and oxygen atoms in total. The molecular formula is C30H33N3OS. The molecule has 2 aliphatic heterocycles. The average molecular weight is 484 g/mol. The summed E-state index contributed by atoms with van der Waals surface area (Å²) in [6, 6.07) is 21.5. The molecule has 0 unspecified atom stereocenters. The van der Waals surface area contributed by atoms with Crippen molar-refractivity contribution in [3.63, 3.8) is 0 Å². The van der Waals surface area contributed by atoms with Crippen LogP contribution in [-0.4, -0.2) is 42.2 Å². The third kappa shape index (κ3) is 4.87. The summed E-state index contributed by atoms with van der Waals surface area (Å²) in [5.74, 6) is 0.0957. The molecule has 2 aliphatic rings. The molecule has 180 valence electrons. The fraction of sp³-hybridized carbons (Fsp3) is 0.333. The number of aliphatic imine (C=N–C) groups is 1. The Morgan fingerprint density at radius 3 is 2.57 bits per heavy atom. The molecule has 0 N–H and O–H groups in total. The highest BCUT2D eigenvalue weighted by Crippen LogP contribution is 2.41. The molecule has 5 rings (SSSR count). The number of amides is 1. The van der Waals surface area contributed by atoms with Crippen LogP contribution in [0.25, 0.3) is 0 Å². The van der Waals surface area contributed by atoms with Gasteiger partial charge in [0.05, 0.1) is 5.69 Å². The van der Waals surface area contributed by atoms with Crippen molar-refractivity contribution in [3.05, 3.63) is 82.9 Å². The van der Waals surface area contributed by atoms with Crippen LogP contribution in [-0.2, 0) is 0 Å². The minimum absolute atomic E-state index is 0.0957. The number of rotatable bonds is 4. The second kappa shape index (κ2) is 9.90. The maximum Gasteiger partial charge on any atom is 0.254 e. The van der Waals surface area contributed by atoms with Gasteiger partial charge in [-0.05, 0) is 75.2 Å². The van der Waals surface area contributed by atoms with Crippen LogP contribution in [0.5, 0.6) is 0 Å². The molecule has 1 atom stereocenters. The summed E-state index contributed by atoms with van der Waals surface area (Å²) < 4.78 is 0. The predicted molar refractivity (Wildman–Crippen MR) is 147 cm³/mol. The highest BCUT2D eigenvalue weighted by atomic mass is 32.2. The van der Waals surface area contributed by atoms with Crippen molar-refractivity contribution in [2.45, 2.75) is 56.4 Å². The average Bonchev–Trinajstić information content (AvgIpc) is 2.99. The molecule has 0 aliphatic carbocycles. The van der Waals surface area contributed by atoms with Crippen LogP contribution in [0.1, 0.15) is 53.7 Å². The summed E-state index contributed by atoms with van der Waals surface area (Å²) in [6.07, 6.45) is 1.96. The van der Waals surface area contributed by atoms with E-state index in [0.29, 0.717) is 6.54 Å². The second-order valence-electron chi connectivity index (χ2n) is 9.73. The third-order valence-electron chi connectivity index (χ3n) is 6.86. The van der Waals surface area contributed by atoms with Crippen molar-refractivity contribution in [1.29, 1.82) is 0 Å². The summed E-state index contributed by atoms with van der Waals surface area (Å²) in [5, 5.41) is 0. The molecule has 0 radical (unpaired) electrons. The van der Waals surface area contributed by atoms with Crippen LogP contribution >= 0.6 is 11.8 Å². The Morgan fingerprint density at radius 2 is 1.80 bits per heavy atom. The van der Waals surface area contributed by atoms with Crippen LogP contribution < -0.4 is 4.90 Å². The largest absolute Gasteiger partial charge is 0.365 e. The topological polar surface area (TPSA) is 35.9 Å². The van der Waals surface area contributed by atoms with E-state index >= 15 is 0 Å². The van der Waals surface area contributed by atoms with Crippen LogP contribution in [0.2, 0.25) is 0 Å². The first kappa shape index (κ1) is 23.7. The number of anilines is 1. The molecule has 1 fully saturated rings. The Hall–Kier alpha value is -3.05. The summed E-state index contributed by atoms with van der Waals surface area (Å²) in [6.45, 7) is 10.9. The highest BCUT2D eigenvalue weighted by Gasteiger charge is 2.28. The smallest absolute Gasteiger partial charge is 0.254 e. The van der Waals surface area contributed by atoms with Crippen molar-refractivity contribution < 1.29 is 4.79 Å². The van der Waals surface area contributed by atoms with Gasteiger partial charge in [-0.1, -0.05) is 48.9 Å². The van der Waals surface area contributed by atoms with Gasteiger partial charge in [-0.15, -0.1) is 0 Å². The van der Waals surface area contributed by atoms with Crippen molar-refractivity contribution in [1.82, 2.24) is 4.90 Å². The fourth-order valence-electron chi connectivity index (χ4n) is 5.05. The molecule has 0 saturated carbocycles. The molecule has 1 amide bonds. The van der Waals surface area contributed by atoms with Gasteiger partial charge in [0.1, 0.15) is 0 Å². The van der Waals surface area contributed by atoms with Gasteiger partial charge in [-0.3, -0.25) is 9.79 Å². The van der Waals surface area contributed by atoms with E-state index in [1.165, 1.54) is 27.3 Å². The van der Waals surface area contributed by atoms with E-state index in [-0.39, 0.29) is 11.9 Å². The Bertz CT molecular complexity index is 1300. The maximum atomic E-state index is 13.5.